The predicted molar refractivity (Wildman–Crippen MR) is 55.4 cm³/mol. The van der Waals surface area contributed by atoms with Crippen molar-refractivity contribution in [2.24, 2.45) is 5.73 Å². The first-order chi connectivity index (χ1) is 6.20. The number of hydrogen-bond acceptors (Lipinski definition) is 2. The highest BCUT2D eigenvalue weighted by molar-refractivity contribution is 5.76. The molecule has 0 aromatic heterocycles. The number of carbonyl (C=O) groups excluding carboxylic acids is 1. The van der Waals surface area contributed by atoms with Crippen molar-refractivity contribution in [3.63, 3.8) is 0 Å². The maximum Gasteiger partial charge on any atom is 0.220 e. The highest BCUT2D eigenvalue weighted by Crippen LogP contribution is 1.98. The maximum absolute atomic E-state index is 11.2. The average molecular weight is 186 g/mol. The standard InChI is InChI=1S/C10H22N2O/c1-3-4-7-10(13)12-9(2)6-5-8-11/h9H,3-8,11H2,1-2H3,(H,12,13). The molecular weight excluding hydrogens is 164 g/mol. The summed E-state index contributed by atoms with van der Waals surface area (Å²) < 4.78 is 0. The fraction of sp³-hybridized carbons (Fsp3) is 0.900. The fourth-order valence-electron chi connectivity index (χ4n) is 1.18. The lowest BCUT2D eigenvalue weighted by atomic mass is 10.1. The molecule has 0 aromatic carbocycles. The van der Waals surface area contributed by atoms with E-state index >= 15 is 0 Å². The molecule has 3 N–H and O–H groups in total. The van der Waals surface area contributed by atoms with E-state index in [-0.39, 0.29) is 11.9 Å². The number of carbonyl (C=O) groups is 1. The molecule has 0 fully saturated rings. The van der Waals surface area contributed by atoms with Crippen molar-refractivity contribution < 1.29 is 4.79 Å². The minimum atomic E-state index is 0.173. The smallest absolute Gasteiger partial charge is 0.220 e. The summed E-state index contributed by atoms with van der Waals surface area (Å²) in [5.41, 5.74) is 5.38. The quantitative estimate of drug-likeness (QED) is 0.632. The zero-order valence-electron chi connectivity index (χ0n) is 8.81. The molecule has 0 aliphatic heterocycles. The molecule has 1 atom stereocenters. The Morgan fingerprint density at radius 3 is 2.69 bits per heavy atom. The molecule has 0 bridgehead atoms. The van der Waals surface area contributed by atoms with E-state index in [1.54, 1.807) is 0 Å². The summed E-state index contributed by atoms with van der Waals surface area (Å²) in [5, 5.41) is 2.96. The number of unbranched alkanes of at least 4 members (excludes halogenated alkanes) is 1. The SMILES string of the molecule is CCCCC(=O)NC(C)CCCN. The van der Waals surface area contributed by atoms with E-state index in [9.17, 15) is 4.79 Å². The highest BCUT2D eigenvalue weighted by Gasteiger charge is 2.05. The van der Waals surface area contributed by atoms with Crippen LogP contribution in [0.3, 0.4) is 0 Å². The van der Waals surface area contributed by atoms with Crippen LogP contribution in [0.15, 0.2) is 0 Å². The highest BCUT2D eigenvalue weighted by atomic mass is 16.1. The van der Waals surface area contributed by atoms with Crippen LogP contribution in [0.5, 0.6) is 0 Å². The van der Waals surface area contributed by atoms with Gasteiger partial charge in [0.1, 0.15) is 0 Å². The van der Waals surface area contributed by atoms with Crippen molar-refractivity contribution in [1.29, 1.82) is 0 Å². The number of rotatable bonds is 7. The molecule has 13 heavy (non-hydrogen) atoms. The van der Waals surface area contributed by atoms with Crippen molar-refractivity contribution in [2.75, 3.05) is 6.54 Å². The fourth-order valence-corrected chi connectivity index (χ4v) is 1.18. The number of hydrogen-bond donors (Lipinski definition) is 2. The lowest BCUT2D eigenvalue weighted by Gasteiger charge is -2.12. The van der Waals surface area contributed by atoms with Crippen molar-refractivity contribution in [1.82, 2.24) is 5.32 Å². The molecule has 0 rings (SSSR count). The van der Waals surface area contributed by atoms with Gasteiger partial charge in [-0.3, -0.25) is 4.79 Å². The Hall–Kier alpha value is -0.570. The zero-order chi connectivity index (χ0) is 10.1. The second kappa shape index (κ2) is 8.05. The Balaban J connectivity index is 3.41. The van der Waals surface area contributed by atoms with Gasteiger partial charge in [0.15, 0.2) is 0 Å². The van der Waals surface area contributed by atoms with Gasteiger partial charge in [-0.05, 0) is 32.7 Å². The number of nitrogens with two attached hydrogens (primary N) is 1. The first kappa shape index (κ1) is 12.4. The summed E-state index contributed by atoms with van der Waals surface area (Å²) in [6, 6.07) is 0.271. The van der Waals surface area contributed by atoms with Gasteiger partial charge < -0.3 is 11.1 Å². The van der Waals surface area contributed by atoms with E-state index < -0.39 is 0 Å². The van der Waals surface area contributed by atoms with Crippen molar-refractivity contribution in [3.05, 3.63) is 0 Å². The summed E-state index contributed by atoms with van der Waals surface area (Å²) in [6.45, 7) is 4.82. The van der Waals surface area contributed by atoms with Crippen LogP contribution in [0.2, 0.25) is 0 Å². The van der Waals surface area contributed by atoms with Crippen LogP contribution in [0.1, 0.15) is 46.0 Å². The molecular formula is C10H22N2O. The van der Waals surface area contributed by atoms with E-state index in [4.69, 9.17) is 5.73 Å². The molecule has 0 radical (unpaired) electrons. The Morgan fingerprint density at radius 2 is 2.15 bits per heavy atom. The lowest BCUT2D eigenvalue weighted by molar-refractivity contribution is -0.121. The molecule has 0 saturated carbocycles. The van der Waals surface area contributed by atoms with Crippen LogP contribution in [-0.2, 0) is 4.79 Å². The molecule has 1 amide bonds. The van der Waals surface area contributed by atoms with E-state index in [0.717, 1.165) is 25.7 Å². The first-order valence-electron chi connectivity index (χ1n) is 5.20. The maximum atomic E-state index is 11.2. The Labute approximate surface area is 81.1 Å². The average Bonchev–Trinajstić information content (AvgIpc) is 2.11. The summed E-state index contributed by atoms with van der Waals surface area (Å²) >= 11 is 0. The Kier molecular flexibility index (Phi) is 7.69. The second-order valence-electron chi connectivity index (χ2n) is 3.50. The molecule has 0 aliphatic rings. The van der Waals surface area contributed by atoms with Gasteiger partial charge in [0.2, 0.25) is 5.91 Å². The van der Waals surface area contributed by atoms with Crippen LogP contribution < -0.4 is 11.1 Å². The van der Waals surface area contributed by atoms with Crippen LogP contribution >= 0.6 is 0 Å². The summed E-state index contributed by atoms with van der Waals surface area (Å²) in [6.07, 6.45) is 4.67. The molecule has 0 saturated heterocycles. The lowest BCUT2D eigenvalue weighted by Crippen LogP contribution is -2.32. The van der Waals surface area contributed by atoms with E-state index in [2.05, 4.69) is 12.2 Å². The first-order valence-corrected chi connectivity index (χ1v) is 5.20. The van der Waals surface area contributed by atoms with Gasteiger partial charge in [0.25, 0.3) is 0 Å². The summed E-state index contributed by atoms with van der Waals surface area (Å²) in [5.74, 6) is 0.173. The normalized spacial score (nSPS) is 12.5. The molecule has 78 valence electrons. The van der Waals surface area contributed by atoms with Crippen LogP contribution in [-0.4, -0.2) is 18.5 Å². The molecule has 1 unspecified atom stereocenters. The molecule has 0 aromatic rings. The molecule has 3 nitrogen and oxygen atoms in total. The molecule has 3 heteroatoms. The third-order valence-electron chi connectivity index (χ3n) is 2.01. The number of amides is 1. The minimum absolute atomic E-state index is 0.173. The predicted octanol–water partition coefficient (Wildman–Crippen LogP) is 1.42. The third kappa shape index (κ3) is 7.78. The summed E-state index contributed by atoms with van der Waals surface area (Å²) in [7, 11) is 0. The minimum Gasteiger partial charge on any atom is -0.354 e. The zero-order valence-corrected chi connectivity index (χ0v) is 8.81. The van der Waals surface area contributed by atoms with E-state index in [1.807, 2.05) is 6.92 Å². The van der Waals surface area contributed by atoms with Gasteiger partial charge in [0.05, 0.1) is 0 Å². The molecule has 0 spiro atoms. The third-order valence-corrected chi connectivity index (χ3v) is 2.01. The van der Waals surface area contributed by atoms with Crippen LogP contribution in [0, 0.1) is 0 Å². The van der Waals surface area contributed by atoms with Crippen LogP contribution in [0.4, 0.5) is 0 Å². The summed E-state index contributed by atoms with van der Waals surface area (Å²) in [4.78, 5) is 11.2. The van der Waals surface area contributed by atoms with Crippen LogP contribution in [0.25, 0.3) is 0 Å². The topological polar surface area (TPSA) is 55.1 Å². The Morgan fingerprint density at radius 1 is 1.46 bits per heavy atom. The van der Waals surface area contributed by atoms with Crippen molar-refractivity contribution >= 4 is 5.91 Å². The van der Waals surface area contributed by atoms with Gasteiger partial charge >= 0.3 is 0 Å². The molecule has 0 aliphatic carbocycles. The van der Waals surface area contributed by atoms with Gasteiger partial charge in [0, 0.05) is 12.5 Å². The van der Waals surface area contributed by atoms with Crippen molar-refractivity contribution in [2.45, 2.75) is 52.0 Å². The van der Waals surface area contributed by atoms with Gasteiger partial charge in [-0.15, -0.1) is 0 Å². The molecule has 0 heterocycles. The number of nitrogens with one attached hydrogen (secondary N) is 1. The van der Waals surface area contributed by atoms with Crippen molar-refractivity contribution in [3.8, 4) is 0 Å². The van der Waals surface area contributed by atoms with E-state index in [1.165, 1.54) is 0 Å². The monoisotopic (exact) mass is 186 g/mol. The second-order valence-corrected chi connectivity index (χ2v) is 3.50. The van der Waals surface area contributed by atoms with Gasteiger partial charge in [-0.2, -0.15) is 0 Å². The largest absolute Gasteiger partial charge is 0.354 e. The van der Waals surface area contributed by atoms with Gasteiger partial charge in [-0.1, -0.05) is 13.3 Å². The van der Waals surface area contributed by atoms with E-state index in [0.29, 0.717) is 13.0 Å². The van der Waals surface area contributed by atoms with Gasteiger partial charge in [-0.25, -0.2) is 0 Å². The Bertz CT molecular complexity index is 137.